The maximum atomic E-state index is 9.70. The molecule has 28 heavy (non-hydrogen) atoms. The molecule has 0 saturated heterocycles. The van der Waals surface area contributed by atoms with Crippen LogP contribution in [-0.4, -0.2) is 43.9 Å². The van der Waals surface area contributed by atoms with Crippen LogP contribution >= 0.6 is 0 Å². The first-order chi connectivity index (χ1) is 13.7. The molecule has 3 N–H and O–H groups in total. The Morgan fingerprint density at radius 2 is 2.04 bits per heavy atom. The van der Waals surface area contributed by atoms with Gasteiger partial charge in [0.15, 0.2) is 5.65 Å². The molecule has 0 spiro atoms. The Hall–Kier alpha value is -3.06. The van der Waals surface area contributed by atoms with Crippen molar-refractivity contribution in [1.29, 1.82) is 0 Å². The van der Waals surface area contributed by atoms with Gasteiger partial charge in [-0.3, -0.25) is 0 Å². The van der Waals surface area contributed by atoms with Crippen LogP contribution in [0.4, 0.5) is 5.82 Å². The minimum absolute atomic E-state index is 0.159. The van der Waals surface area contributed by atoms with E-state index in [-0.39, 0.29) is 6.10 Å². The Morgan fingerprint density at radius 1 is 1.18 bits per heavy atom. The maximum absolute atomic E-state index is 9.70. The zero-order chi connectivity index (χ0) is 19.1. The minimum atomic E-state index is -0.159. The first-order valence-corrected chi connectivity index (χ1v) is 9.67. The molecule has 0 amide bonds. The molecule has 4 aromatic rings. The van der Waals surface area contributed by atoms with Gasteiger partial charge in [-0.25, -0.2) is 9.50 Å². The summed E-state index contributed by atoms with van der Waals surface area (Å²) < 4.78 is 7.32. The summed E-state index contributed by atoms with van der Waals surface area (Å²) in [5.74, 6) is 1.63. The lowest BCUT2D eigenvalue weighted by Gasteiger charge is -2.26. The van der Waals surface area contributed by atoms with Crippen LogP contribution in [0, 0.1) is 0 Å². The van der Waals surface area contributed by atoms with Crippen LogP contribution < -0.4 is 10.1 Å². The number of aromatic amines is 1. The number of H-pyrrole nitrogens is 1. The van der Waals surface area contributed by atoms with E-state index in [1.807, 2.05) is 35.0 Å². The fraction of sp³-hybridized carbons (Fsp3) is 0.333. The number of fused-ring (bicyclic) bond motifs is 2. The summed E-state index contributed by atoms with van der Waals surface area (Å²) in [6.45, 7) is 0. The molecule has 1 aliphatic carbocycles. The summed E-state index contributed by atoms with van der Waals surface area (Å²) in [6.07, 6.45) is 5.27. The van der Waals surface area contributed by atoms with E-state index in [9.17, 15) is 5.11 Å². The number of hydrogen-bond acceptors (Lipinski definition) is 5. The van der Waals surface area contributed by atoms with Crippen molar-refractivity contribution in [3.63, 3.8) is 0 Å². The SMILES string of the molecule is COc1cccc2cc(-c3cnc4ccc(N[C@H]5CC[C@H](O)CC5)nn34)[nH]c12. The second-order valence-corrected chi connectivity index (χ2v) is 7.39. The Labute approximate surface area is 162 Å². The predicted octanol–water partition coefficient (Wildman–Crippen LogP) is 3.60. The lowest BCUT2D eigenvalue weighted by molar-refractivity contribution is 0.126. The third kappa shape index (κ3) is 2.97. The number of imidazole rings is 1. The van der Waals surface area contributed by atoms with Crippen LogP contribution in [-0.2, 0) is 0 Å². The molecule has 0 bridgehead atoms. The van der Waals surface area contributed by atoms with Gasteiger partial charge in [-0.1, -0.05) is 12.1 Å². The molecule has 0 unspecified atom stereocenters. The van der Waals surface area contributed by atoms with E-state index in [0.29, 0.717) is 6.04 Å². The molecule has 1 aromatic carbocycles. The molecule has 7 nitrogen and oxygen atoms in total. The maximum Gasteiger partial charge on any atom is 0.154 e. The van der Waals surface area contributed by atoms with Gasteiger partial charge in [0.1, 0.15) is 17.3 Å². The Morgan fingerprint density at radius 3 is 2.86 bits per heavy atom. The fourth-order valence-electron chi connectivity index (χ4n) is 4.00. The van der Waals surface area contributed by atoms with Crippen molar-refractivity contribution < 1.29 is 9.84 Å². The molecular formula is C21H23N5O2. The van der Waals surface area contributed by atoms with E-state index in [2.05, 4.69) is 27.4 Å². The standard InChI is InChI=1S/C21H23N5O2/c1-28-18-4-2-3-13-11-16(24-21(13)18)17-12-22-20-10-9-19(25-26(17)20)23-14-5-7-15(27)8-6-14/h2-4,9-12,14-15,24,27H,5-8H2,1H3,(H,23,25)/t14-,15-. The van der Waals surface area contributed by atoms with Gasteiger partial charge < -0.3 is 20.1 Å². The van der Waals surface area contributed by atoms with Crippen molar-refractivity contribution in [1.82, 2.24) is 19.6 Å². The summed E-state index contributed by atoms with van der Waals surface area (Å²) in [5, 5.41) is 19.1. The largest absolute Gasteiger partial charge is 0.495 e. The van der Waals surface area contributed by atoms with Crippen LogP contribution in [0.5, 0.6) is 5.75 Å². The third-order valence-corrected chi connectivity index (χ3v) is 5.52. The van der Waals surface area contributed by atoms with Gasteiger partial charge in [-0.2, -0.15) is 0 Å². The van der Waals surface area contributed by atoms with Crippen molar-refractivity contribution >= 4 is 22.4 Å². The lowest BCUT2D eigenvalue weighted by Crippen LogP contribution is -2.28. The number of aromatic nitrogens is 4. The third-order valence-electron chi connectivity index (χ3n) is 5.52. The van der Waals surface area contributed by atoms with Crippen LogP contribution in [0.25, 0.3) is 27.9 Å². The molecule has 5 rings (SSSR count). The zero-order valence-electron chi connectivity index (χ0n) is 15.7. The number of benzene rings is 1. The van der Waals surface area contributed by atoms with E-state index in [1.165, 1.54) is 0 Å². The number of rotatable bonds is 4. The van der Waals surface area contributed by atoms with Crippen molar-refractivity contribution in [3.05, 3.63) is 42.6 Å². The summed E-state index contributed by atoms with van der Waals surface area (Å²) in [6, 6.07) is 12.3. The zero-order valence-corrected chi connectivity index (χ0v) is 15.7. The second kappa shape index (κ2) is 6.83. The number of ether oxygens (including phenoxy) is 1. The molecule has 144 valence electrons. The fourth-order valence-corrected chi connectivity index (χ4v) is 4.00. The molecule has 3 aromatic heterocycles. The Balaban J connectivity index is 1.50. The summed E-state index contributed by atoms with van der Waals surface area (Å²) in [7, 11) is 1.67. The summed E-state index contributed by atoms with van der Waals surface area (Å²) in [4.78, 5) is 7.94. The van der Waals surface area contributed by atoms with Crippen molar-refractivity contribution in [3.8, 4) is 17.1 Å². The smallest absolute Gasteiger partial charge is 0.154 e. The first kappa shape index (κ1) is 17.1. The normalized spacial score (nSPS) is 19.9. The topological polar surface area (TPSA) is 87.5 Å². The number of aliphatic hydroxyl groups is 1. The monoisotopic (exact) mass is 377 g/mol. The first-order valence-electron chi connectivity index (χ1n) is 9.67. The molecule has 7 heteroatoms. The van der Waals surface area contributed by atoms with E-state index in [4.69, 9.17) is 9.84 Å². The molecular weight excluding hydrogens is 354 g/mol. The number of nitrogens with one attached hydrogen (secondary N) is 2. The number of anilines is 1. The van der Waals surface area contributed by atoms with E-state index in [1.54, 1.807) is 7.11 Å². The van der Waals surface area contributed by atoms with Crippen molar-refractivity contribution in [2.24, 2.45) is 0 Å². The number of hydrogen-bond donors (Lipinski definition) is 3. The average Bonchev–Trinajstić information content (AvgIpc) is 3.33. The molecule has 0 aliphatic heterocycles. The van der Waals surface area contributed by atoms with Crippen LogP contribution in [0.2, 0.25) is 0 Å². The highest BCUT2D eigenvalue weighted by molar-refractivity contribution is 5.90. The van der Waals surface area contributed by atoms with Crippen LogP contribution in [0.1, 0.15) is 25.7 Å². The van der Waals surface area contributed by atoms with Gasteiger partial charge >= 0.3 is 0 Å². The molecule has 0 atom stereocenters. The van der Waals surface area contributed by atoms with Crippen LogP contribution in [0.3, 0.4) is 0 Å². The van der Waals surface area contributed by atoms with Gasteiger partial charge in [-0.15, -0.1) is 5.10 Å². The van der Waals surface area contributed by atoms with E-state index in [0.717, 1.165) is 65.2 Å². The molecule has 0 radical (unpaired) electrons. The summed E-state index contributed by atoms with van der Waals surface area (Å²) >= 11 is 0. The quantitative estimate of drug-likeness (QED) is 0.506. The number of nitrogens with zero attached hydrogens (tertiary/aromatic N) is 3. The van der Waals surface area contributed by atoms with E-state index >= 15 is 0 Å². The molecule has 3 heterocycles. The Bertz CT molecular complexity index is 1120. The van der Waals surface area contributed by atoms with Gasteiger partial charge in [0, 0.05) is 11.4 Å². The highest BCUT2D eigenvalue weighted by Crippen LogP contribution is 2.30. The number of methoxy groups -OCH3 is 1. The van der Waals surface area contributed by atoms with Crippen molar-refractivity contribution in [2.75, 3.05) is 12.4 Å². The van der Waals surface area contributed by atoms with Crippen LogP contribution in [0.15, 0.2) is 42.6 Å². The highest BCUT2D eigenvalue weighted by atomic mass is 16.5. The number of aliphatic hydroxyl groups excluding tert-OH is 1. The molecule has 1 fully saturated rings. The second-order valence-electron chi connectivity index (χ2n) is 7.39. The van der Waals surface area contributed by atoms with Gasteiger partial charge in [-0.05, 0) is 49.9 Å². The van der Waals surface area contributed by atoms with Gasteiger partial charge in [0.2, 0.25) is 0 Å². The minimum Gasteiger partial charge on any atom is -0.495 e. The molecule has 1 saturated carbocycles. The van der Waals surface area contributed by atoms with Gasteiger partial charge in [0.05, 0.1) is 30.6 Å². The summed E-state index contributed by atoms with van der Waals surface area (Å²) in [5.41, 5.74) is 3.60. The Kier molecular flexibility index (Phi) is 4.16. The lowest BCUT2D eigenvalue weighted by atomic mass is 9.93. The van der Waals surface area contributed by atoms with Crippen molar-refractivity contribution in [2.45, 2.75) is 37.8 Å². The highest BCUT2D eigenvalue weighted by Gasteiger charge is 2.20. The molecule has 1 aliphatic rings. The van der Waals surface area contributed by atoms with E-state index < -0.39 is 0 Å². The van der Waals surface area contributed by atoms with Gasteiger partial charge in [0.25, 0.3) is 0 Å². The predicted molar refractivity (Wildman–Crippen MR) is 109 cm³/mol. The number of para-hydroxylation sites is 1. The average molecular weight is 377 g/mol.